The molecule has 12 heavy (non-hydrogen) atoms. The van der Waals surface area contributed by atoms with E-state index in [4.69, 9.17) is 9.47 Å². The molecule has 0 atom stereocenters. The van der Waals surface area contributed by atoms with Crippen LogP contribution in [0.15, 0.2) is 18.2 Å². The summed E-state index contributed by atoms with van der Waals surface area (Å²) in [5, 5.41) is 0. The minimum atomic E-state index is 0.313. The highest BCUT2D eigenvalue weighted by Gasteiger charge is 1.91. The van der Waals surface area contributed by atoms with Crippen molar-refractivity contribution < 1.29 is 9.47 Å². The number of benzene rings is 1. The average Bonchev–Trinajstić information content (AvgIpc) is 2.09. The van der Waals surface area contributed by atoms with Gasteiger partial charge in [-0.15, -0.1) is 0 Å². The normalized spacial score (nSPS) is 9.83. The van der Waals surface area contributed by atoms with Crippen molar-refractivity contribution in [2.45, 2.75) is 13.8 Å². The van der Waals surface area contributed by atoms with Crippen LogP contribution in [0.25, 0.3) is 0 Å². The van der Waals surface area contributed by atoms with Gasteiger partial charge >= 0.3 is 0 Å². The van der Waals surface area contributed by atoms with Crippen LogP contribution in [0.4, 0.5) is 0 Å². The Bertz CT molecular complexity index is 216. The summed E-state index contributed by atoms with van der Waals surface area (Å²) in [5.41, 5.74) is 1.11. The predicted molar refractivity (Wildman–Crippen MR) is 47.1 cm³/mol. The van der Waals surface area contributed by atoms with Crippen molar-refractivity contribution >= 4 is 0 Å². The maximum Gasteiger partial charge on any atom is 0.189 e. The zero-order valence-electron chi connectivity index (χ0n) is 7.46. The molecule has 2 heteroatoms. The third-order valence-electron chi connectivity index (χ3n) is 1.45. The molecule has 0 saturated heterocycles. The van der Waals surface area contributed by atoms with Gasteiger partial charge in [-0.05, 0) is 37.6 Å². The quantitative estimate of drug-likeness (QED) is 0.503. The van der Waals surface area contributed by atoms with Gasteiger partial charge < -0.3 is 9.47 Å². The van der Waals surface area contributed by atoms with Crippen molar-refractivity contribution in [3.05, 3.63) is 29.8 Å². The van der Waals surface area contributed by atoms with E-state index < -0.39 is 0 Å². The Kier molecular flexibility index (Phi) is 3.61. The number of rotatable bonds is 4. The monoisotopic (exact) mass is 165 g/mol. The first-order chi connectivity index (χ1) is 5.83. The van der Waals surface area contributed by atoms with E-state index >= 15 is 0 Å². The van der Waals surface area contributed by atoms with Gasteiger partial charge in [0.15, 0.2) is 6.79 Å². The highest BCUT2D eigenvalue weighted by molar-refractivity contribution is 5.24. The molecule has 1 rings (SSSR count). The fourth-order valence-electron chi connectivity index (χ4n) is 0.771. The van der Waals surface area contributed by atoms with E-state index in [2.05, 4.69) is 6.07 Å². The molecule has 0 spiro atoms. The summed E-state index contributed by atoms with van der Waals surface area (Å²) in [4.78, 5) is 0. The van der Waals surface area contributed by atoms with Gasteiger partial charge in [0.2, 0.25) is 0 Å². The van der Waals surface area contributed by atoms with E-state index in [9.17, 15) is 0 Å². The molecular formula is C10H13O2. The Morgan fingerprint density at radius 2 is 2.25 bits per heavy atom. The van der Waals surface area contributed by atoms with E-state index in [0.717, 1.165) is 11.3 Å². The fraction of sp³-hybridized carbons (Fsp3) is 0.400. The molecule has 0 unspecified atom stereocenters. The molecule has 0 amide bonds. The summed E-state index contributed by atoms with van der Waals surface area (Å²) in [6.07, 6.45) is 0. The minimum Gasteiger partial charge on any atom is -0.468 e. The summed E-state index contributed by atoms with van der Waals surface area (Å²) in [7, 11) is 0. The lowest BCUT2D eigenvalue weighted by molar-refractivity contribution is 0.0224. The smallest absolute Gasteiger partial charge is 0.189 e. The molecule has 1 aromatic rings. The Morgan fingerprint density at radius 3 is 2.83 bits per heavy atom. The maximum absolute atomic E-state index is 5.25. The maximum atomic E-state index is 5.25. The second-order valence-electron chi connectivity index (χ2n) is 2.46. The lowest BCUT2D eigenvalue weighted by Crippen LogP contribution is -2.01. The van der Waals surface area contributed by atoms with E-state index in [1.54, 1.807) is 0 Å². The molecule has 0 N–H and O–H groups in total. The van der Waals surface area contributed by atoms with Crippen LogP contribution in [-0.2, 0) is 4.74 Å². The zero-order chi connectivity index (χ0) is 8.81. The van der Waals surface area contributed by atoms with Crippen molar-refractivity contribution in [1.29, 1.82) is 0 Å². The molecule has 0 aromatic heterocycles. The highest BCUT2D eigenvalue weighted by atomic mass is 16.7. The van der Waals surface area contributed by atoms with Crippen molar-refractivity contribution in [3.8, 4) is 5.75 Å². The molecule has 0 aliphatic rings. The van der Waals surface area contributed by atoms with Crippen LogP contribution in [0.1, 0.15) is 12.5 Å². The van der Waals surface area contributed by atoms with Crippen LogP contribution in [0.5, 0.6) is 5.75 Å². The molecule has 0 bridgehead atoms. The Labute approximate surface area is 73.1 Å². The fourth-order valence-corrected chi connectivity index (χ4v) is 0.771. The van der Waals surface area contributed by atoms with E-state index in [1.807, 2.05) is 32.0 Å². The first kappa shape index (κ1) is 9.07. The molecule has 1 radical (unpaired) electrons. The number of ether oxygens (including phenoxy) is 2. The predicted octanol–water partition coefficient (Wildman–Crippen LogP) is 2.17. The molecule has 2 nitrogen and oxygen atoms in total. The summed E-state index contributed by atoms with van der Waals surface area (Å²) in [5.74, 6) is 0.800. The Morgan fingerprint density at radius 1 is 1.42 bits per heavy atom. The lowest BCUT2D eigenvalue weighted by atomic mass is 10.2. The summed E-state index contributed by atoms with van der Waals surface area (Å²) in [6.45, 7) is 4.92. The number of hydrogen-bond acceptors (Lipinski definition) is 2. The lowest BCUT2D eigenvalue weighted by Gasteiger charge is -2.04. The van der Waals surface area contributed by atoms with E-state index in [1.165, 1.54) is 0 Å². The molecular weight excluding hydrogens is 152 g/mol. The van der Waals surface area contributed by atoms with Crippen LogP contribution in [0, 0.1) is 13.0 Å². The minimum absolute atomic E-state index is 0.313. The van der Waals surface area contributed by atoms with Crippen LogP contribution in [0.2, 0.25) is 0 Å². The largest absolute Gasteiger partial charge is 0.468 e. The van der Waals surface area contributed by atoms with Crippen molar-refractivity contribution in [2.75, 3.05) is 13.4 Å². The molecule has 0 fully saturated rings. The van der Waals surface area contributed by atoms with Crippen LogP contribution in [-0.4, -0.2) is 13.4 Å². The van der Waals surface area contributed by atoms with E-state index in [0.29, 0.717) is 13.4 Å². The molecule has 0 aliphatic carbocycles. The summed E-state index contributed by atoms with van der Waals surface area (Å²) >= 11 is 0. The molecule has 1 aromatic carbocycles. The highest BCUT2D eigenvalue weighted by Crippen LogP contribution is 2.10. The SMILES string of the molecule is CCOCOc1c[c]c(C)cc1. The number of aryl methyl sites for hydroxylation is 1. The Hall–Kier alpha value is -1.02. The zero-order valence-corrected chi connectivity index (χ0v) is 7.46. The van der Waals surface area contributed by atoms with Crippen LogP contribution in [0.3, 0.4) is 0 Å². The summed E-state index contributed by atoms with van der Waals surface area (Å²) < 4.78 is 10.3. The van der Waals surface area contributed by atoms with Crippen molar-refractivity contribution in [2.24, 2.45) is 0 Å². The van der Waals surface area contributed by atoms with Gasteiger partial charge in [-0.2, -0.15) is 0 Å². The molecule has 0 saturated carbocycles. The first-order valence-electron chi connectivity index (χ1n) is 4.02. The molecule has 65 valence electrons. The standard InChI is InChI=1S/C10H13O2/c1-3-11-8-12-10-6-4-9(2)5-7-10/h4,6-7H,3,8H2,1-2H3. The van der Waals surface area contributed by atoms with Gasteiger partial charge in [0.1, 0.15) is 5.75 Å². The first-order valence-corrected chi connectivity index (χ1v) is 4.02. The van der Waals surface area contributed by atoms with Gasteiger partial charge in [-0.25, -0.2) is 0 Å². The van der Waals surface area contributed by atoms with Gasteiger partial charge in [0.25, 0.3) is 0 Å². The van der Waals surface area contributed by atoms with Gasteiger partial charge in [0, 0.05) is 6.61 Å². The second kappa shape index (κ2) is 4.78. The van der Waals surface area contributed by atoms with E-state index in [-0.39, 0.29) is 0 Å². The van der Waals surface area contributed by atoms with Gasteiger partial charge in [-0.1, -0.05) is 6.07 Å². The number of hydrogen-bond donors (Lipinski definition) is 0. The topological polar surface area (TPSA) is 18.5 Å². The average molecular weight is 165 g/mol. The van der Waals surface area contributed by atoms with Crippen molar-refractivity contribution in [3.63, 3.8) is 0 Å². The van der Waals surface area contributed by atoms with Gasteiger partial charge in [0.05, 0.1) is 0 Å². The van der Waals surface area contributed by atoms with Crippen molar-refractivity contribution in [1.82, 2.24) is 0 Å². The van der Waals surface area contributed by atoms with Crippen LogP contribution < -0.4 is 4.74 Å². The third kappa shape index (κ3) is 2.93. The van der Waals surface area contributed by atoms with Crippen LogP contribution >= 0.6 is 0 Å². The molecule has 0 heterocycles. The third-order valence-corrected chi connectivity index (χ3v) is 1.45. The second-order valence-corrected chi connectivity index (χ2v) is 2.46. The Balaban J connectivity index is 2.37. The molecule has 0 aliphatic heterocycles. The summed E-state index contributed by atoms with van der Waals surface area (Å²) in [6, 6.07) is 8.73. The van der Waals surface area contributed by atoms with Gasteiger partial charge in [-0.3, -0.25) is 0 Å².